The van der Waals surface area contributed by atoms with Crippen molar-refractivity contribution in [1.82, 2.24) is 20.0 Å². The second-order valence-corrected chi connectivity index (χ2v) is 7.96. The summed E-state index contributed by atoms with van der Waals surface area (Å²) in [6.07, 6.45) is 0. The molecule has 0 bridgehead atoms. The van der Waals surface area contributed by atoms with Crippen LogP contribution in [0.2, 0.25) is 0 Å². The molecule has 130 valence electrons. The van der Waals surface area contributed by atoms with Crippen molar-refractivity contribution in [2.45, 2.75) is 13.5 Å². The quantitative estimate of drug-likeness (QED) is 0.656. The Hall–Kier alpha value is -2.10. The van der Waals surface area contributed by atoms with Crippen molar-refractivity contribution in [2.75, 3.05) is 18.9 Å². The highest BCUT2D eigenvalue weighted by Crippen LogP contribution is 2.29. The first kappa shape index (κ1) is 17.7. The largest absolute Gasteiger partial charge is 0.338 e. The van der Waals surface area contributed by atoms with Gasteiger partial charge in [0.2, 0.25) is 17.6 Å². The second kappa shape index (κ2) is 7.85. The molecule has 0 unspecified atom stereocenters. The van der Waals surface area contributed by atoms with Crippen molar-refractivity contribution in [3.63, 3.8) is 0 Å². The van der Waals surface area contributed by atoms with Crippen molar-refractivity contribution < 1.29 is 9.32 Å². The monoisotopic (exact) mass is 421 g/mol. The summed E-state index contributed by atoms with van der Waals surface area (Å²) in [5.41, 5.74) is 0.852. The number of carbonyl (C=O) groups excluding carboxylic acids is 1. The summed E-state index contributed by atoms with van der Waals surface area (Å²) in [7, 11) is 1.81. The van der Waals surface area contributed by atoms with Crippen molar-refractivity contribution in [3.05, 3.63) is 45.7 Å². The zero-order valence-corrected chi connectivity index (χ0v) is 16.1. The molecule has 0 aliphatic carbocycles. The summed E-state index contributed by atoms with van der Waals surface area (Å²) in [5, 5.41) is 6.75. The number of thiophene rings is 1. The molecule has 0 fully saturated rings. The molecular formula is C16H16BrN5O2S. The van der Waals surface area contributed by atoms with Crippen LogP contribution in [0.4, 0.5) is 5.82 Å². The molecule has 3 heterocycles. The van der Waals surface area contributed by atoms with Gasteiger partial charge in [0.1, 0.15) is 5.82 Å². The van der Waals surface area contributed by atoms with E-state index in [0.29, 0.717) is 24.1 Å². The first-order valence-electron chi connectivity index (χ1n) is 7.50. The highest BCUT2D eigenvalue weighted by Gasteiger charge is 2.14. The lowest BCUT2D eigenvalue weighted by Gasteiger charge is -2.13. The maximum absolute atomic E-state index is 12.1. The van der Waals surface area contributed by atoms with E-state index in [0.717, 1.165) is 14.4 Å². The minimum Gasteiger partial charge on any atom is -0.338 e. The standard InChI is InChI=1S/C16H16BrN5O2S/c1-10-4-3-5-13(18-10)19-14(23)8-22(2)9-15-20-16(21-24-15)11-6-7-12(17)25-11/h3-7H,8-9H2,1-2H3,(H,18,19,23). The van der Waals surface area contributed by atoms with Crippen LogP contribution in [0.5, 0.6) is 0 Å². The molecule has 0 aliphatic rings. The number of anilines is 1. The summed E-state index contributed by atoms with van der Waals surface area (Å²) in [5.74, 6) is 1.40. The van der Waals surface area contributed by atoms with Crippen molar-refractivity contribution >= 4 is 39.0 Å². The number of aromatic nitrogens is 3. The molecule has 0 saturated carbocycles. The molecule has 25 heavy (non-hydrogen) atoms. The van der Waals surface area contributed by atoms with Crippen LogP contribution < -0.4 is 5.32 Å². The molecule has 0 atom stereocenters. The average molecular weight is 422 g/mol. The number of amides is 1. The van der Waals surface area contributed by atoms with Gasteiger partial charge >= 0.3 is 0 Å². The molecular weight excluding hydrogens is 406 g/mol. The number of hydrogen-bond acceptors (Lipinski definition) is 7. The first-order valence-corrected chi connectivity index (χ1v) is 9.11. The van der Waals surface area contributed by atoms with Crippen LogP contribution in [-0.4, -0.2) is 39.5 Å². The van der Waals surface area contributed by atoms with Gasteiger partial charge in [-0.25, -0.2) is 4.98 Å². The molecule has 3 aromatic rings. The molecule has 0 saturated heterocycles. The van der Waals surface area contributed by atoms with Gasteiger partial charge in [-0.05, 0) is 54.2 Å². The SMILES string of the molecule is Cc1cccc(NC(=O)CN(C)Cc2nc(-c3ccc(Br)s3)no2)n1. The van der Waals surface area contributed by atoms with Crippen LogP contribution in [0, 0.1) is 6.92 Å². The van der Waals surface area contributed by atoms with Gasteiger partial charge in [-0.3, -0.25) is 9.69 Å². The number of nitrogens with one attached hydrogen (secondary N) is 1. The third-order valence-electron chi connectivity index (χ3n) is 3.24. The predicted octanol–water partition coefficient (Wildman–Crippen LogP) is 3.33. The van der Waals surface area contributed by atoms with Crippen LogP contribution in [0.15, 0.2) is 38.6 Å². The molecule has 1 amide bonds. The number of hydrogen-bond donors (Lipinski definition) is 1. The highest BCUT2D eigenvalue weighted by atomic mass is 79.9. The molecule has 0 aromatic carbocycles. The lowest BCUT2D eigenvalue weighted by molar-refractivity contribution is -0.117. The Morgan fingerprint density at radius 2 is 2.16 bits per heavy atom. The number of halogens is 1. The van der Waals surface area contributed by atoms with Crippen LogP contribution in [0.3, 0.4) is 0 Å². The number of carbonyl (C=O) groups is 1. The Morgan fingerprint density at radius 3 is 2.88 bits per heavy atom. The topological polar surface area (TPSA) is 84.2 Å². The van der Waals surface area contributed by atoms with E-state index in [1.807, 2.05) is 38.2 Å². The fourth-order valence-corrected chi connectivity index (χ4v) is 3.49. The van der Waals surface area contributed by atoms with Gasteiger partial charge in [0.25, 0.3) is 0 Å². The molecule has 3 aromatic heterocycles. The van der Waals surface area contributed by atoms with Crippen molar-refractivity contribution in [1.29, 1.82) is 0 Å². The molecule has 0 aliphatic heterocycles. The van der Waals surface area contributed by atoms with Crippen molar-refractivity contribution in [3.8, 4) is 10.7 Å². The maximum Gasteiger partial charge on any atom is 0.241 e. The number of pyridine rings is 1. The summed E-state index contributed by atoms with van der Waals surface area (Å²) in [6, 6.07) is 9.35. The molecule has 0 spiro atoms. The maximum atomic E-state index is 12.1. The van der Waals surface area contributed by atoms with Gasteiger partial charge in [-0.1, -0.05) is 11.2 Å². The molecule has 0 radical (unpaired) electrons. The Bertz CT molecular complexity index is 879. The fourth-order valence-electron chi connectivity index (χ4n) is 2.18. The van der Waals surface area contributed by atoms with Gasteiger partial charge in [0.05, 0.1) is 21.8 Å². The number of likely N-dealkylation sites (N-methyl/N-ethyl adjacent to an activating group) is 1. The summed E-state index contributed by atoms with van der Waals surface area (Å²) >= 11 is 4.94. The summed E-state index contributed by atoms with van der Waals surface area (Å²) < 4.78 is 6.27. The van der Waals surface area contributed by atoms with Crippen LogP contribution in [0.25, 0.3) is 10.7 Å². The highest BCUT2D eigenvalue weighted by molar-refractivity contribution is 9.11. The van der Waals surface area contributed by atoms with E-state index < -0.39 is 0 Å². The van der Waals surface area contributed by atoms with E-state index >= 15 is 0 Å². The molecule has 1 N–H and O–H groups in total. The molecule has 3 rings (SSSR count). The van der Waals surface area contributed by atoms with Crippen molar-refractivity contribution in [2.24, 2.45) is 0 Å². The summed E-state index contributed by atoms with van der Waals surface area (Å²) in [4.78, 5) is 23.4. The molecule has 7 nitrogen and oxygen atoms in total. The number of aryl methyl sites for hydroxylation is 1. The minimum absolute atomic E-state index is 0.150. The van der Waals surface area contributed by atoms with Gasteiger partial charge < -0.3 is 9.84 Å². The van der Waals surface area contributed by atoms with Crippen LogP contribution in [-0.2, 0) is 11.3 Å². The van der Waals surface area contributed by atoms with E-state index in [1.54, 1.807) is 11.0 Å². The third kappa shape index (κ3) is 4.94. The lowest BCUT2D eigenvalue weighted by atomic mass is 10.3. The molecule has 9 heteroatoms. The van der Waals surface area contributed by atoms with Gasteiger partial charge in [-0.15, -0.1) is 11.3 Å². The normalized spacial score (nSPS) is 11.0. The number of nitrogens with zero attached hydrogens (tertiary/aromatic N) is 4. The Kier molecular flexibility index (Phi) is 5.57. The zero-order valence-electron chi connectivity index (χ0n) is 13.7. The summed E-state index contributed by atoms with van der Waals surface area (Å²) in [6.45, 7) is 2.45. The Morgan fingerprint density at radius 1 is 1.32 bits per heavy atom. The average Bonchev–Trinajstić information content (AvgIpc) is 3.16. The van der Waals surface area contributed by atoms with E-state index in [2.05, 4.69) is 36.4 Å². The Balaban J connectivity index is 1.54. The van der Waals surface area contributed by atoms with Gasteiger partial charge in [0.15, 0.2) is 0 Å². The second-order valence-electron chi connectivity index (χ2n) is 5.50. The first-order chi connectivity index (χ1) is 12.0. The zero-order chi connectivity index (χ0) is 17.8. The predicted molar refractivity (Wildman–Crippen MR) is 99.2 cm³/mol. The minimum atomic E-state index is -0.150. The Labute approximate surface area is 157 Å². The van der Waals surface area contributed by atoms with Gasteiger partial charge in [-0.2, -0.15) is 4.98 Å². The third-order valence-corrected chi connectivity index (χ3v) is 4.86. The van der Waals surface area contributed by atoms with E-state index in [9.17, 15) is 4.79 Å². The van der Waals surface area contributed by atoms with E-state index in [4.69, 9.17) is 4.52 Å². The van der Waals surface area contributed by atoms with Crippen LogP contribution >= 0.6 is 27.3 Å². The van der Waals surface area contributed by atoms with Gasteiger partial charge in [0, 0.05) is 5.69 Å². The fraction of sp³-hybridized carbons (Fsp3) is 0.250. The lowest BCUT2D eigenvalue weighted by Crippen LogP contribution is -2.30. The van der Waals surface area contributed by atoms with E-state index in [-0.39, 0.29) is 12.5 Å². The smallest absolute Gasteiger partial charge is 0.241 e. The number of rotatable bonds is 6. The van der Waals surface area contributed by atoms with Crippen LogP contribution in [0.1, 0.15) is 11.6 Å². The van der Waals surface area contributed by atoms with E-state index in [1.165, 1.54) is 11.3 Å².